The average molecular weight is 294 g/mol. The van der Waals surface area contributed by atoms with Gasteiger partial charge in [-0.3, -0.25) is 26.2 Å². The molecule has 1 rings (SSSR count). The van der Waals surface area contributed by atoms with Gasteiger partial charge in [0.15, 0.2) is 11.9 Å². The minimum Gasteiger partial charge on any atom is -0.370 e. The molecule has 19 heavy (non-hydrogen) atoms. The van der Waals surface area contributed by atoms with Crippen LogP contribution in [0, 0.1) is 10.8 Å². The maximum Gasteiger partial charge on any atom is 0.321 e. The highest BCUT2D eigenvalue weighted by molar-refractivity contribution is 6.01. The SMILES string of the molecule is CCCCNC(=N)NC(=N)N.Cl.O=C1CNC(=O)N1. The van der Waals surface area contributed by atoms with Crippen LogP contribution in [0.2, 0.25) is 0 Å². The molecule has 9 nitrogen and oxygen atoms in total. The van der Waals surface area contributed by atoms with Crippen LogP contribution in [0.25, 0.3) is 0 Å². The molecule has 0 aromatic carbocycles. The summed E-state index contributed by atoms with van der Waals surface area (Å²) in [5.74, 6) is -0.380. The van der Waals surface area contributed by atoms with Crippen molar-refractivity contribution in [3.05, 3.63) is 0 Å². The topological polar surface area (TPSA) is 156 Å². The maximum atomic E-state index is 10.1. The number of hydrogen-bond donors (Lipinski definition) is 7. The van der Waals surface area contributed by atoms with Crippen LogP contribution in [-0.4, -0.2) is 36.9 Å². The molecule has 110 valence electrons. The molecule has 0 radical (unpaired) electrons. The van der Waals surface area contributed by atoms with E-state index >= 15 is 0 Å². The summed E-state index contributed by atoms with van der Waals surface area (Å²) in [6.07, 6.45) is 2.10. The van der Waals surface area contributed by atoms with E-state index in [0.717, 1.165) is 19.4 Å². The number of carbonyl (C=O) groups is 2. The lowest BCUT2D eigenvalue weighted by Gasteiger charge is -2.06. The summed E-state index contributed by atoms with van der Waals surface area (Å²) in [6.45, 7) is 2.94. The van der Waals surface area contributed by atoms with Crippen molar-refractivity contribution in [1.29, 1.82) is 10.8 Å². The van der Waals surface area contributed by atoms with Crippen LogP contribution in [-0.2, 0) is 4.79 Å². The summed E-state index contributed by atoms with van der Waals surface area (Å²) >= 11 is 0. The van der Waals surface area contributed by atoms with E-state index in [2.05, 4.69) is 22.9 Å². The summed E-state index contributed by atoms with van der Waals surface area (Å²) in [6, 6.07) is -0.398. The lowest BCUT2D eigenvalue weighted by atomic mass is 10.3. The first-order valence-corrected chi connectivity index (χ1v) is 5.46. The largest absolute Gasteiger partial charge is 0.370 e. The van der Waals surface area contributed by atoms with Gasteiger partial charge in [0.25, 0.3) is 0 Å². The Morgan fingerprint density at radius 2 is 2.05 bits per heavy atom. The molecule has 0 aromatic heterocycles. The molecule has 3 amide bonds. The van der Waals surface area contributed by atoms with Crippen molar-refractivity contribution in [3.63, 3.8) is 0 Å². The second-order valence-corrected chi connectivity index (χ2v) is 3.42. The molecular formula is C9H20ClN7O2. The van der Waals surface area contributed by atoms with Crippen molar-refractivity contribution in [2.75, 3.05) is 13.1 Å². The fourth-order valence-corrected chi connectivity index (χ4v) is 0.945. The van der Waals surface area contributed by atoms with E-state index in [1.54, 1.807) is 0 Å². The van der Waals surface area contributed by atoms with E-state index in [0.29, 0.717) is 0 Å². The van der Waals surface area contributed by atoms with Crippen LogP contribution in [0.1, 0.15) is 19.8 Å². The number of imide groups is 1. The Hall–Kier alpha value is -2.03. The van der Waals surface area contributed by atoms with E-state index in [-0.39, 0.29) is 36.8 Å². The van der Waals surface area contributed by atoms with Gasteiger partial charge in [-0.1, -0.05) is 13.3 Å². The van der Waals surface area contributed by atoms with Crippen LogP contribution >= 0.6 is 12.4 Å². The average Bonchev–Trinajstić information content (AvgIpc) is 2.62. The Balaban J connectivity index is 0. The van der Waals surface area contributed by atoms with Gasteiger partial charge in [-0.2, -0.15) is 0 Å². The van der Waals surface area contributed by atoms with Crippen molar-refractivity contribution in [2.24, 2.45) is 5.73 Å². The minimum absolute atomic E-state index is 0. The van der Waals surface area contributed by atoms with E-state index in [9.17, 15) is 9.59 Å². The van der Waals surface area contributed by atoms with Crippen molar-refractivity contribution in [3.8, 4) is 0 Å². The van der Waals surface area contributed by atoms with Gasteiger partial charge in [0.1, 0.15) is 0 Å². The molecule has 0 aromatic rings. The first-order valence-electron chi connectivity index (χ1n) is 5.46. The number of carbonyl (C=O) groups excluding carboxylic acids is 2. The minimum atomic E-state index is -0.398. The number of rotatable bonds is 3. The van der Waals surface area contributed by atoms with Gasteiger partial charge < -0.3 is 16.4 Å². The van der Waals surface area contributed by atoms with Gasteiger partial charge in [-0.25, -0.2) is 4.79 Å². The zero-order valence-electron chi connectivity index (χ0n) is 10.6. The molecule has 0 unspecified atom stereocenters. The Morgan fingerprint density at radius 1 is 1.42 bits per heavy atom. The Labute approximate surface area is 117 Å². The van der Waals surface area contributed by atoms with E-state index < -0.39 is 6.03 Å². The molecule has 0 atom stereocenters. The lowest BCUT2D eigenvalue weighted by Crippen LogP contribution is -2.43. The van der Waals surface area contributed by atoms with E-state index in [1.807, 2.05) is 5.32 Å². The van der Waals surface area contributed by atoms with Crippen molar-refractivity contribution < 1.29 is 9.59 Å². The first-order chi connectivity index (χ1) is 8.45. The molecular weight excluding hydrogens is 274 g/mol. The number of amides is 3. The number of hydrogen-bond acceptors (Lipinski definition) is 4. The highest BCUT2D eigenvalue weighted by Gasteiger charge is 2.14. The van der Waals surface area contributed by atoms with Crippen LogP contribution < -0.4 is 27.0 Å². The number of halogens is 1. The molecule has 1 aliphatic heterocycles. The fraction of sp³-hybridized carbons (Fsp3) is 0.556. The number of urea groups is 1. The molecule has 0 aliphatic carbocycles. The number of nitrogens with one attached hydrogen (secondary N) is 6. The number of unbranched alkanes of at least 4 members (excludes halogenated alkanes) is 1. The molecule has 1 aliphatic rings. The van der Waals surface area contributed by atoms with Crippen LogP contribution in [0.5, 0.6) is 0 Å². The van der Waals surface area contributed by atoms with E-state index in [4.69, 9.17) is 16.6 Å². The number of guanidine groups is 2. The molecule has 0 bridgehead atoms. The Kier molecular flexibility index (Phi) is 11.3. The quantitative estimate of drug-likeness (QED) is 0.154. The van der Waals surface area contributed by atoms with Gasteiger partial charge in [-0.05, 0) is 6.42 Å². The molecule has 10 heteroatoms. The van der Waals surface area contributed by atoms with Crippen molar-refractivity contribution >= 4 is 36.3 Å². The molecule has 0 saturated carbocycles. The monoisotopic (exact) mass is 293 g/mol. The smallest absolute Gasteiger partial charge is 0.321 e. The lowest BCUT2D eigenvalue weighted by molar-refractivity contribution is -0.117. The molecule has 8 N–H and O–H groups in total. The Morgan fingerprint density at radius 3 is 2.37 bits per heavy atom. The van der Waals surface area contributed by atoms with Gasteiger partial charge >= 0.3 is 6.03 Å². The molecule has 1 saturated heterocycles. The highest BCUT2D eigenvalue weighted by atomic mass is 35.5. The standard InChI is InChI=1S/C6H15N5.C3H4N2O2.ClH/c1-2-3-4-10-6(9)11-5(7)8;6-2-1-4-3(7)5-2;/h2-4H2,1H3,(H6,7,8,9,10,11);1H2,(H2,4,5,6,7);1H. The van der Waals surface area contributed by atoms with Crippen LogP contribution in [0.4, 0.5) is 4.79 Å². The van der Waals surface area contributed by atoms with Crippen LogP contribution in [0.3, 0.4) is 0 Å². The molecule has 1 heterocycles. The van der Waals surface area contributed by atoms with Gasteiger partial charge in [0.2, 0.25) is 5.91 Å². The third-order valence-corrected chi connectivity index (χ3v) is 1.75. The van der Waals surface area contributed by atoms with Crippen molar-refractivity contribution in [1.82, 2.24) is 21.3 Å². The zero-order valence-corrected chi connectivity index (χ0v) is 11.4. The van der Waals surface area contributed by atoms with Crippen molar-refractivity contribution in [2.45, 2.75) is 19.8 Å². The van der Waals surface area contributed by atoms with Gasteiger partial charge in [0.05, 0.1) is 6.54 Å². The van der Waals surface area contributed by atoms with Crippen LogP contribution in [0.15, 0.2) is 0 Å². The fourth-order valence-electron chi connectivity index (χ4n) is 0.945. The maximum absolute atomic E-state index is 10.1. The zero-order chi connectivity index (χ0) is 14.0. The third kappa shape index (κ3) is 12.2. The second kappa shape index (κ2) is 11.1. The summed E-state index contributed by atoms with van der Waals surface area (Å²) in [7, 11) is 0. The third-order valence-electron chi connectivity index (χ3n) is 1.75. The first kappa shape index (κ1) is 19.3. The summed E-state index contributed by atoms with van der Waals surface area (Å²) < 4.78 is 0. The molecule has 0 spiro atoms. The Bertz CT molecular complexity index is 321. The molecule has 1 fully saturated rings. The number of nitrogens with two attached hydrogens (primary N) is 1. The summed E-state index contributed by atoms with van der Waals surface area (Å²) in [5, 5.41) is 23.3. The predicted octanol–water partition coefficient (Wildman–Crippen LogP) is -0.958. The second-order valence-electron chi connectivity index (χ2n) is 3.42. The van der Waals surface area contributed by atoms with Gasteiger partial charge in [-0.15, -0.1) is 12.4 Å². The normalized spacial score (nSPS) is 12.1. The predicted molar refractivity (Wildman–Crippen MR) is 74.5 cm³/mol. The van der Waals surface area contributed by atoms with Gasteiger partial charge in [0, 0.05) is 6.54 Å². The highest BCUT2D eigenvalue weighted by Crippen LogP contribution is 1.80. The van der Waals surface area contributed by atoms with E-state index in [1.165, 1.54) is 0 Å². The summed E-state index contributed by atoms with van der Waals surface area (Å²) in [5.41, 5.74) is 4.99. The summed E-state index contributed by atoms with van der Waals surface area (Å²) in [4.78, 5) is 20.1.